The summed E-state index contributed by atoms with van der Waals surface area (Å²) in [5, 5.41) is 0. The van der Waals surface area contributed by atoms with E-state index in [2.05, 4.69) is 13.0 Å². The van der Waals surface area contributed by atoms with Crippen molar-refractivity contribution < 1.29 is 4.74 Å². The molecule has 0 aliphatic heterocycles. The van der Waals surface area contributed by atoms with Crippen molar-refractivity contribution in [2.75, 3.05) is 7.11 Å². The van der Waals surface area contributed by atoms with Crippen LogP contribution in [-0.2, 0) is 4.74 Å². The lowest BCUT2D eigenvalue weighted by molar-refractivity contribution is 0.336. The van der Waals surface area contributed by atoms with Crippen LogP contribution in [0.4, 0.5) is 0 Å². The Kier molecular flexibility index (Phi) is 8.15. The normalized spacial score (nSPS) is 10.6. The summed E-state index contributed by atoms with van der Waals surface area (Å²) in [4.78, 5) is 0. The van der Waals surface area contributed by atoms with Gasteiger partial charge in [-0.25, -0.2) is 0 Å². The molecule has 0 N–H and O–H groups in total. The molecule has 59 valence electrons. The maximum Gasteiger partial charge on any atom is 0.0784 e. The van der Waals surface area contributed by atoms with Gasteiger partial charge in [0.15, 0.2) is 0 Å². The molecule has 0 atom stereocenters. The van der Waals surface area contributed by atoms with E-state index in [1.54, 1.807) is 13.4 Å². The molecule has 0 unspecified atom stereocenters. The van der Waals surface area contributed by atoms with E-state index in [1.807, 2.05) is 0 Å². The molecule has 0 bridgehead atoms. The van der Waals surface area contributed by atoms with E-state index in [-0.39, 0.29) is 0 Å². The second kappa shape index (κ2) is 8.54. The summed E-state index contributed by atoms with van der Waals surface area (Å²) < 4.78 is 4.76. The third kappa shape index (κ3) is 7.54. The lowest BCUT2D eigenvalue weighted by Crippen LogP contribution is -1.74. The van der Waals surface area contributed by atoms with Crippen molar-refractivity contribution in [2.24, 2.45) is 0 Å². The molecule has 0 heterocycles. The van der Waals surface area contributed by atoms with Crippen molar-refractivity contribution in [3.05, 3.63) is 19.3 Å². The van der Waals surface area contributed by atoms with Crippen molar-refractivity contribution in [3.8, 4) is 0 Å². The lowest BCUT2D eigenvalue weighted by atomic mass is 10.2. The third-order valence-electron chi connectivity index (χ3n) is 1.35. The fraction of sp³-hybridized carbons (Fsp3) is 0.667. The quantitative estimate of drug-likeness (QED) is 0.408. The molecule has 0 saturated carbocycles. The molecule has 10 heavy (non-hydrogen) atoms. The predicted octanol–water partition coefficient (Wildman–Crippen LogP) is 2.93. The summed E-state index contributed by atoms with van der Waals surface area (Å²) in [7, 11) is 1.67. The Morgan fingerprint density at radius 3 is 2.70 bits per heavy atom. The largest absolute Gasteiger partial charge is 0.505 e. The van der Waals surface area contributed by atoms with Gasteiger partial charge in [-0.2, -0.15) is 0 Å². The smallest absolute Gasteiger partial charge is 0.0784 e. The molecule has 0 rings (SSSR count). The van der Waals surface area contributed by atoms with Crippen molar-refractivity contribution in [1.82, 2.24) is 0 Å². The zero-order valence-electron chi connectivity index (χ0n) is 6.81. The van der Waals surface area contributed by atoms with Crippen LogP contribution < -0.4 is 0 Å². The summed E-state index contributed by atoms with van der Waals surface area (Å²) in [6, 6.07) is 0. The summed E-state index contributed by atoms with van der Waals surface area (Å²) in [6.45, 7) is 3.78. The van der Waals surface area contributed by atoms with Gasteiger partial charge in [-0.15, -0.1) is 0 Å². The van der Waals surface area contributed by atoms with E-state index in [1.165, 1.54) is 19.3 Å². The van der Waals surface area contributed by atoms with Gasteiger partial charge in [-0.1, -0.05) is 26.2 Å². The van der Waals surface area contributed by atoms with Crippen LogP contribution in [0.15, 0.2) is 12.3 Å². The van der Waals surface area contributed by atoms with Gasteiger partial charge in [0.25, 0.3) is 0 Å². The number of ether oxygens (including phenoxy) is 1. The Morgan fingerprint density at radius 1 is 1.30 bits per heavy atom. The first-order valence-electron chi connectivity index (χ1n) is 3.89. The van der Waals surface area contributed by atoms with Crippen molar-refractivity contribution in [2.45, 2.75) is 32.1 Å². The molecule has 1 heteroatoms. The summed E-state index contributed by atoms with van der Waals surface area (Å²) in [5.74, 6) is 0. The van der Waals surface area contributed by atoms with Gasteiger partial charge in [0, 0.05) is 0 Å². The fourth-order valence-electron chi connectivity index (χ4n) is 0.780. The van der Waals surface area contributed by atoms with E-state index < -0.39 is 0 Å². The molecule has 0 aromatic rings. The van der Waals surface area contributed by atoms with Crippen LogP contribution >= 0.6 is 0 Å². The summed E-state index contributed by atoms with van der Waals surface area (Å²) in [5.41, 5.74) is 0. The van der Waals surface area contributed by atoms with Crippen LogP contribution in [0, 0.1) is 6.92 Å². The molecule has 0 aromatic heterocycles. The molecular formula is C9H17O. The second-order valence-electron chi connectivity index (χ2n) is 2.31. The Hall–Kier alpha value is -0.460. The summed E-state index contributed by atoms with van der Waals surface area (Å²) >= 11 is 0. The average Bonchev–Trinajstić information content (AvgIpc) is 1.97. The topological polar surface area (TPSA) is 9.23 Å². The zero-order valence-corrected chi connectivity index (χ0v) is 6.81. The fourth-order valence-corrected chi connectivity index (χ4v) is 0.780. The Morgan fingerprint density at radius 2 is 2.10 bits per heavy atom. The van der Waals surface area contributed by atoms with Gasteiger partial charge < -0.3 is 4.74 Å². The van der Waals surface area contributed by atoms with Gasteiger partial charge in [-0.3, -0.25) is 0 Å². The van der Waals surface area contributed by atoms with Crippen LogP contribution in [0.2, 0.25) is 0 Å². The first-order chi connectivity index (χ1) is 4.91. The maximum atomic E-state index is 4.76. The summed E-state index contributed by atoms with van der Waals surface area (Å²) in [6.07, 6.45) is 9.79. The third-order valence-corrected chi connectivity index (χ3v) is 1.35. The molecule has 0 amide bonds. The van der Waals surface area contributed by atoms with Crippen molar-refractivity contribution in [3.63, 3.8) is 0 Å². The SMILES string of the molecule is [CH2]CCCCCC=COC. The first-order valence-corrected chi connectivity index (χ1v) is 3.89. The molecule has 0 aromatic carbocycles. The number of rotatable bonds is 6. The van der Waals surface area contributed by atoms with Crippen LogP contribution in [0.25, 0.3) is 0 Å². The van der Waals surface area contributed by atoms with Crippen LogP contribution in [0.3, 0.4) is 0 Å². The maximum absolute atomic E-state index is 4.76. The zero-order chi connectivity index (χ0) is 7.66. The predicted molar refractivity (Wildman–Crippen MR) is 44.6 cm³/mol. The monoisotopic (exact) mass is 141 g/mol. The molecule has 1 radical (unpaired) electrons. The Bertz CT molecular complexity index is 76.8. The Balaban J connectivity index is 2.83. The van der Waals surface area contributed by atoms with E-state index in [0.29, 0.717) is 0 Å². The van der Waals surface area contributed by atoms with Gasteiger partial charge >= 0.3 is 0 Å². The molecule has 1 nitrogen and oxygen atoms in total. The van der Waals surface area contributed by atoms with Crippen LogP contribution in [0.5, 0.6) is 0 Å². The van der Waals surface area contributed by atoms with E-state index in [4.69, 9.17) is 4.74 Å². The second-order valence-corrected chi connectivity index (χ2v) is 2.31. The van der Waals surface area contributed by atoms with E-state index in [9.17, 15) is 0 Å². The van der Waals surface area contributed by atoms with Crippen LogP contribution in [-0.4, -0.2) is 7.11 Å². The number of allylic oxidation sites excluding steroid dienone is 1. The lowest BCUT2D eigenvalue weighted by Gasteiger charge is -1.93. The first kappa shape index (κ1) is 9.54. The van der Waals surface area contributed by atoms with E-state index in [0.717, 1.165) is 12.8 Å². The number of hydrogen-bond acceptors (Lipinski definition) is 1. The minimum Gasteiger partial charge on any atom is -0.505 e. The van der Waals surface area contributed by atoms with Gasteiger partial charge in [0.1, 0.15) is 0 Å². The highest BCUT2D eigenvalue weighted by molar-refractivity contribution is 4.72. The number of hydrogen-bond donors (Lipinski definition) is 0. The highest BCUT2D eigenvalue weighted by atomic mass is 16.5. The molecular weight excluding hydrogens is 124 g/mol. The average molecular weight is 141 g/mol. The Labute approximate surface area is 64.1 Å². The molecule has 0 spiro atoms. The standard InChI is InChI=1S/C9H17O/c1-3-4-5-6-7-8-9-10-2/h8-9H,1,3-7H2,2H3. The van der Waals surface area contributed by atoms with Crippen molar-refractivity contribution in [1.29, 1.82) is 0 Å². The highest BCUT2D eigenvalue weighted by Gasteiger charge is 1.83. The minimum absolute atomic E-state index is 1.06. The molecule has 0 aliphatic carbocycles. The van der Waals surface area contributed by atoms with E-state index >= 15 is 0 Å². The van der Waals surface area contributed by atoms with Gasteiger partial charge in [-0.05, 0) is 18.9 Å². The molecule has 0 fully saturated rings. The van der Waals surface area contributed by atoms with Crippen LogP contribution in [0.1, 0.15) is 32.1 Å². The van der Waals surface area contributed by atoms with Gasteiger partial charge in [0.05, 0.1) is 13.4 Å². The molecule has 0 aliphatic rings. The minimum atomic E-state index is 1.06. The molecule has 0 saturated heterocycles. The van der Waals surface area contributed by atoms with Gasteiger partial charge in [0.2, 0.25) is 0 Å². The van der Waals surface area contributed by atoms with Crippen molar-refractivity contribution >= 4 is 0 Å². The highest BCUT2D eigenvalue weighted by Crippen LogP contribution is 2.02. The number of unbranched alkanes of at least 4 members (excludes halogenated alkanes) is 4. The number of methoxy groups -OCH3 is 1.